The first-order valence-electron chi connectivity index (χ1n) is 6.59. The van der Waals surface area contributed by atoms with E-state index in [9.17, 15) is 9.59 Å². The summed E-state index contributed by atoms with van der Waals surface area (Å²) in [7, 11) is 0. The molecule has 0 aromatic heterocycles. The van der Waals surface area contributed by atoms with Crippen LogP contribution in [0.5, 0.6) is 0 Å². The fourth-order valence-corrected chi connectivity index (χ4v) is 1.82. The zero-order chi connectivity index (χ0) is 15.1. The highest BCUT2D eigenvalue weighted by Crippen LogP contribution is 2.09. The molecule has 5 heteroatoms. The van der Waals surface area contributed by atoms with Gasteiger partial charge in [-0.2, -0.15) is 0 Å². The first-order valence-corrected chi connectivity index (χ1v) is 6.59. The van der Waals surface area contributed by atoms with Gasteiger partial charge >= 0.3 is 0 Å². The van der Waals surface area contributed by atoms with Crippen molar-refractivity contribution in [2.24, 2.45) is 5.73 Å². The first-order chi connectivity index (χ1) is 10.1. The summed E-state index contributed by atoms with van der Waals surface area (Å²) in [6.45, 7) is 0.623. The number of primary amides is 1. The molecule has 0 aliphatic rings. The van der Waals surface area contributed by atoms with Crippen LogP contribution in [0.3, 0.4) is 0 Å². The van der Waals surface area contributed by atoms with E-state index in [4.69, 9.17) is 5.73 Å². The van der Waals surface area contributed by atoms with Gasteiger partial charge in [-0.25, -0.2) is 0 Å². The Kier molecular flexibility index (Phi) is 4.93. The number of nitrogens with one attached hydrogen (secondary N) is 2. The van der Waals surface area contributed by atoms with Gasteiger partial charge in [0.25, 0.3) is 0 Å². The number of rotatable bonds is 6. The Morgan fingerprint density at radius 2 is 1.76 bits per heavy atom. The molecule has 0 fully saturated rings. The Labute approximate surface area is 123 Å². The molecule has 4 N–H and O–H groups in total. The fraction of sp³-hybridized carbons (Fsp3) is 0.125. The molecule has 0 radical (unpaired) electrons. The molecule has 2 amide bonds. The van der Waals surface area contributed by atoms with Crippen LogP contribution in [-0.4, -0.2) is 18.4 Å². The summed E-state index contributed by atoms with van der Waals surface area (Å²) < 4.78 is 0. The van der Waals surface area contributed by atoms with Crippen LogP contribution >= 0.6 is 0 Å². The molecule has 0 unspecified atom stereocenters. The molecule has 0 bridgehead atoms. The van der Waals surface area contributed by atoms with Crippen LogP contribution in [0.1, 0.15) is 15.9 Å². The van der Waals surface area contributed by atoms with Crippen LogP contribution in [0.15, 0.2) is 54.6 Å². The van der Waals surface area contributed by atoms with Crippen molar-refractivity contribution in [2.45, 2.75) is 6.54 Å². The second-order valence-electron chi connectivity index (χ2n) is 4.56. The Hall–Kier alpha value is -2.82. The second kappa shape index (κ2) is 7.09. The summed E-state index contributed by atoms with van der Waals surface area (Å²) in [6.07, 6.45) is 0. The predicted octanol–water partition coefficient (Wildman–Crippen LogP) is 1.51. The van der Waals surface area contributed by atoms with Crippen molar-refractivity contribution in [3.8, 4) is 0 Å². The quantitative estimate of drug-likeness (QED) is 0.751. The van der Waals surface area contributed by atoms with Gasteiger partial charge in [0.1, 0.15) is 0 Å². The molecule has 2 rings (SSSR count). The number of nitrogens with two attached hydrogens (primary N) is 1. The van der Waals surface area contributed by atoms with Crippen molar-refractivity contribution in [3.05, 3.63) is 65.7 Å². The molecule has 21 heavy (non-hydrogen) atoms. The molecule has 0 atom stereocenters. The molecule has 0 aliphatic heterocycles. The van der Waals surface area contributed by atoms with Gasteiger partial charge in [-0.05, 0) is 23.8 Å². The highest BCUT2D eigenvalue weighted by atomic mass is 16.2. The monoisotopic (exact) mass is 283 g/mol. The minimum atomic E-state index is -0.493. The fourth-order valence-electron chi connectivity index (χ4n) is 1.82. The smallest absolute Gasteiger partial charge is 0.248 e. The van der Waals surface area contributed by atoms with Crippen molar-refractivity contribution >= 4 is 17.5 Å². The van der Waals surface area contributed by atoms with E-state index >= 15 is 0 Å². The van der Waals surface area contributed by atoms with E-state index in [-0.39, 0.29) is 12.5 Å². The average molecular weight is 283 g/mol. The summed E-state index contributed by atoms with van der Waals surface area (Å²) >= 11 is 0. The van der Waals surface area contributed by atoms with Crippen molar-refractivity contribution in [1.29, 1.82) is 0 Å². The van der Waals surface area contributed by atoms with Gasteiger partial charge in [-0.15, -0.1) is 0 Å². The molecule has 0 heterocycles. The molecule has 0 saturated carbocycles. The Bertz CT molecular complexity index is 626. The topological polar surface area (TPSA) is 84.2 Å². The minimum absolute atomic E-state index is 0.122. The van der Waals surface area contributed by atoms with Gasteiger partial charge in [0.05, 0.1) is 6.54 Å². The first kappa shape index (κ1) is 14.6. The predicted molar refractivity (Wildman–Crippen MR) is 81.7 cm³/mol. The maximum atomic E-state index is 11.7. The van der Waals surface area contributed by atoms with E-state index in [1.54, 1.807) is 24.3 Å². The molecule has 0 saturated heterocycles. The van der Waals surface area contributed by atoms with E-state index in [1.165, 1.54) is 0 Å². The van der Waals surface area contributed by atoms with Crippen molar-refractivity contribution in [3.63, 3.8) is 0 Å². The molecule has 2 aromatic rings. The van der Waals surface area contributed by atoms with E-state index in [1.807, 2.05) is 30.3 Å². The second-order valence-corrected chi connectivity index (χ2v) is 4.56. The van der Waals surface area contributed by atoms with Gasteiger partial charge in [0.15, 0.2) is 0 Å². The van der Waals surface area contributed by atoms with Crippen LogP contribution < -0.4 is 16.4 Å². The van der Waals surface area contributed by atoms with Crippen molar-refractivity contribution in [2.75, 3.05) is 11.9 Å². The summed E-state index contributed by atoms with van der Waals surface area (Å²) in [6, 6.07) is 16.4. The summed E-state index contributed by atoms with van der Waals surface area (Å²) in [5.41, 5.74) is 7.34. The molecular weight excluding hydrogens is 266 g/mol. The highest BCUT2D eigenvalue weighted by Gasteiger charge is 2.03. The zero-order valence-corrected chi connectivity index (χ0v) is 11.5. The van der Waals surface area contributed by atoms with Gasteiger partial charge in [0.2, 0.25) is 11.8 Å². The van der Waals surface area contributed by atoms with Crippen LogP contribution in [-0.2, 0) is 11.3 Å². The highest BCUT2D eigenvalue weighted by molar-refractivity contribution is 5.93. The number of benzene rings is 2. The van der Waals surface area contributed by atoms with E-state index in [0.29, 0.717) is 17.8 Å². The summed E-state index contributed by atoms with van der Waals surface area (Å²) in [4.78, 5) is 22.8. The maximum absolute atomic E-state index is 11.7. The number of hydrogen-bond donors (Lipinski definition) is 3. The molecule has 108 valence electrons. The number of carbonyl (C=O) groups excluding carboxylic acids is 2. The van der Waals surface area contributed by atoms with Crippen molar-refractivity contribution in [1.82, 2.24) is 5.32 Å². The van der Waals surface area contributed by atoms with Crippen molar-refractivity contribution < 1.29 is 9.59 Å². The van der Waals surface area contributed by atoms with Gasteiger partial charge < -0.3 is 16.4 Å². The Morgan fingerprint density at radius 1 is 1.00 bits per heavy atom. The SMILES string of the molecule is NC(=O)c1cccc(NCC(=O)NCc2ccccc2)c1. The zero-order valence-electron chi connectivity index (χ0n) is 11.5. The molecule has 0 aliphatic carbocycles. The molecule has 5 nitrogen and oxygen atoms in total. The standard InChI is InChI=1S/C16H17N3O2/c17-16(21)13-7-4-8-14(9-13)18-11-15(20)19-10-12-5-2-1-3-6-12/h1-9,18H,10-11H2,(H2,17,21)(H,19,20). The largest absolute Gasteiger partial charge is 0.376 e. The van der Waals surface area contributed by atoms with Crippen LogP contribution in [0.25, 0.3) is 0 Å². The third kappa shape index (κ3) is 4.65. The Morgan fingerprint density at radius 3 is 2.48 bits per heavy atom. The normalized spacial score (nSPS) is 9.90. The lowest BCUT2D eigenvalue weighted by Gasteiger charge is -2.08. The van der Waals surface area contributed by atoms with E-state index in [2.05, 4.69) is 10.6 Å². The lowest BCUT2D eigenvalue weighted by atomic mass is 10.2. The Balaban J connectivity index is 1.81. The van der Waals surface area contributed by atoms with Gasteiger partial charge in [-0.1, -0.05) is 36.4 Å². The van der Waals surface area contributed by atoms with Gasteiger partial charge in [-0.3, -0.25) is 9.59 Å². The molecule has 0 spiro atoms. The number of anilines is 1. The average Bonchev–Trinajstić information content (AvgIpc) is 2.52. The third-order valence-corrected chi connectivity index (χ3v) is 2.93. The molecular formula is C16H17N3O2. The number of carbonyl (C=O) groups is 2. The van der Waals surface area contributed by atoms with Crippen LogP contribution in [0, 0.1) is 0 Å². The number of hydrogen-bond acceptors (Lipinski definition) is 3. The summed E-state index contributed by atoms with van der Waals surface area (Å²) in [5, 5.41) is 5.77. The van der Waals surface area contributed by atoms with Gasteiger partial charge in [0, 0.05) is 17.8 Å². The lowest BCUT2D eigenvalue weighted by Crippen LogP contribution is -2.29. The number of amides is 2. The third-order valence-electron chi connectivity index (χ3n) is 2.93. The van der Waals surface area contributed by atoms with E-state index in [0.717, 1.165) is 5.56 Å². The van der Waals surface area contributed by atoms with Crippen LogP contribution in [0.2, 0.25) is 0 Å². The van der Waals surface area contributed by atoms with Crippen LogP contribution in [0.4, 0.5) is 5.69 Å². The molecule has 2 aromatic carbocycles. The minimum Gasteiger partial charge on any atom is -0.376 e. The lowest BCUT2D eigenvalue weighted by molar-refractivity contribution is -0.119. The summed E-state index contributed by atoms with van der Waals surface area (Å²) in [5.74, 6) is -0.615. The maximum Gasteiger partial charge on any atom is 0.248 e. The van der Waals surface area contributed by atoms with E-state index < -0.39 is 5.91 Å².